The standard InChI is InChI=1S/C23H25N5O2.HI/c1-18(20-7-3-2-4-8-20)27-23(25-16-14-21-9-5-6-15-24-21)26-17-19-10-12-22(13-11-19)28(29)30;/h2-13,15,18H,14,16-17H2,1H3,(H2,25,26,27);1H. The number of halogens is 1. The zero-order valence-corrected chi connectivity index (χ0v) is 19.6. The van der Waals surface area contributed by atoms with Crippen molar-refractivity contribution in [2.45, 2.75) is 25.9 Å². The first-order valence-electron chi connectivity index (χ1n) is 9.85. The summed E-state index contributed by atoms with van der Waals surface area (Å²) in [5, 5.41) is 17.6. The van der Waals surface area contributed by atoms with Gasteiger partial charge < -0.3 is 10.6 Å². The zero-order valence-electron chi connectivity index (χ0n) is 17.3. The molecule has 8 heteroatoms. The molecule has 0 fully saturated rings. The van der Waals surface area contributed by atoms with E-state index in [9.17, 15) is 10.1 Å². The Kier molecular flexibility index (Phi) is 9.89. The van der Waals surface area contributed by atoms with Crippen molar-refractivity contribution < 1.29 is 4.92 Å². The van der Waals surface area contributed by atoms with Gasteiger partial charge in [0.2, 0.25) is 0 Å². The number of benzene rings is 2. The van der Waals surface area contributed by atoms with Gasteiger partial charge in [0.1, 0.15) is 0 Å². The van der Waals surface area contributed by atoms with Crippen LogP contribution in [0.3, 0.4) is 0 Å². The van der Waals surface area contributed by atoms with Crippen LogP contribution in [0.5, 0.6) is 0 Å². The van der Waals surface area contributed by atoms with Crippen molar-refractivity contribution >= 4 is 35.6 Å². The molecule has 0 saturated heterocycles. The van der Waals surface area contributed by atoms with E-state index in [0.717, 1.165) is 23.2 Å². The molecule has 0 aliphatic rings. The Morgan fingerprint density at radius 2 is 1.77 bits per heavy atom. The fraction of sp³-hybridized carbons (Fsp3) is 0.217. The van der Waals surface area contributed by atoms with Crippen LogP contribution in [0.1, 0.15) is 29.8 Å². The number of nitro groups is 1. The normalized spacial score (nSPS) is 11.8. The van der Waals surface area contributed by atoms with Crippen LogP contribution in [0.2, 0.25) is 0 Å². The fourth-order valence-electron chi connectivity index (χ4n) is 2.93. The first-order valence-corrected chi connectivity index (χ1v) is 9.85. The Bertz CT molecular complexity index is 966. The van der Waals surface area contributed by atoms with Gasteiger partial charge in [0.25, 0.3) is 5.69 Å². The number of non-ortho nitro benzene ring substituents is 1. The lowest BCUT2D eigenvalue weighted by molar-refractivity contribution is -0.384. The van der Waals surface area contributed by atoms with Crippen molar-refractivity contribution in [3.8, 4) is 0 Å². The van der Waals surface area contributed by atoms with E-state index in [0.29, 0.717) is 19.0 Å². The molecule has 2 N–H and O–H groups in total. The number of aromatic nitrogens is 1. The first-order chi connectivity index (χ1) is 14.6. The lowest BCUT2D eigenvalue weighted by atomic mass is 10.1. The van der Waals surface area contributed by atoms with E-state index in [1.807, 2.05) is 36.4 Å². The van der Waals surface area contributed by atoms with Crippen LogP contribution in [0.25, 0.3) is 0 Å². The van der Waals surface area contributed by atoms with E-state index in [1.54, 1.807) is 18.3 Å². The Morgan fingerprint density at radius 1 is 1.06 bits per heavy atom. The smallest absolute Gasteiger partial charge is 0.269 e. The van der Waals surface area contributed by atoms with Crippen molar-refractivity contribution in [2.75, 3.05) is 6.54 Å². The van der Waals surface area contributed by atoms with Crippen molar-refractivity contribution in [3.63, 3.8) is 0 Å². The van der Waals surface area contributed by atoms with Crippen molar-refractivity contribution in [1.29, 1.82) is 0 Å². The van der Waals surface area contributed by atoms with E-state index >= 15 is 0 Å². The summed E-state index contributed by atoms with van der Waals surface area (Å²) in [6, 6.07) is 22.5. The van der Waals surface area contributed by atoms with E-state index in [4.69, 9.17) is 0 Å². The molecule has 3 aromatic rings. The zero-order chi connectivity index (χ0) is 21.2. The molecule has 0 bridgehead atoms. The number of hydrogen-bond donors (Lipinski definition) is 2. The van der Waals surface area contributed by atoms with Gasteiger partial charge in [0.05, 0.1) is 17.5 Å². The number of nitrogens with zero attached hydrogens (tertiary/aromatic N) is 3. The summed E-state index contributed by atoms with van der Waals surface area (Å²) in [4.78, 5) is 19.4. The van der Waals surface area contributed by atoms with Gasteiger partial charge in [-0.1, -0.05) is 48.5 Å². The summed E-state index contributed by atoms with van der Waals surface area (Å²) in [7, 11) is 0. The fourth-order valence-corrected chi connectivity index (χ4v) is 2.93. The minimum absolute atomic E-state index is 0. The Balaban J connectivity index is 0.00000341. The highest BCUT2D eigenvalue weighted by molar-refractivity contribution is 14.0. The maximum Gasteiger partial charge on any atom is 0.269 e. The molecule has 0 saturated carbocycles. The van der Waals surface area contributed by atoms with E-state index < -0.39 is 4.92 Å². The molecule has 0 radical (unpaired) electrons. The summed E-state index contributed by atoms with van der Waals surface area (Å²) in [6.07, 6.45) is 2.56. The SMILES string of the molecule is CC(NC(=NCc1ccc([N+](=O)[O-])cc1)NCCc1ccccn1)c1ccccc1.I. The summed E-state index contributed by atoms with van der Waals surface area (Å²) in [5.41, 5.74) is 3.15. The van der Waals surface area contributed by atoms with E-state index in [1.165, 1.54) is 12.1 Å². The molecule has 0 amide bonds. The number of nitrogens with one attached hydrogen (secondary N) is 2. The maximum atomic E-state index is 10.8. The number of hydrogen-bond acceptors (Lipinski definition) is 4. The van der Waals surface area contributed by atoms with Crippen LogP contribution in [0.4, 0.5) is 5.69 Å². The van der Waals surface area contributed by atoms with Gasteiger partial charge in [-0.3, -0.25) is 15.1 Å². The largest absolute Gasteiger partial charge is 0.356 e. The minimum atomic E-state index is -0.402. The second-order valence-electron chi connectivity index (χ2n) is 6.86. The van der Waals surface area contributed by atoms with Crippen LogP contribution < -0.4 is 10.6 Å². The molecule has 2 aromatic carbocycles. The lowest BCUT2D eigenvalue weighted by Crippen LogP contribution is -2.39. The van der Waals surface area contributed by atoms with Crippen LogP contribution in [0, 0.1) is 10.1 Å². The van der Waals surface area contributed by atoms with Gasteiger partial charge in [-0.15, -0.1) is 24.0 Å². The van der Waals surface area contributed by atoms with Crippen LogP contribution in [0.15, 0.2) is 84.0 Å². The Labute approximate surface area is 199 Å². The van der Waals surface area contributed by atoms with E-state index in [-0.39, 0.29) is 35.7 Å². The van der Waals surface area contributed by atoms with Gasteiger partial charge >= 0.3 is 0 Å². The van der Waals surface area contributed by atoms with Crippen molar-refractivity contribution in [3.05, 3.63) is 106 Å². The first kappa shape index (κ1) is 24.3. The highest BCUT2D eigenvalue weighted by Crippen LogP contribution is 2.13. The average Bonchev–Trinajstić information content (AvgIpc) is 2.79. The quantitative estimate of drug-likeness (QED) is 0.145. The summed E-state index contributed by atoms with van der Waals surface area (Å²) < 4.78 is 0. The topological polar surface area (TPSA) is 92.5 Å². The molecule has 0 aliphatic heterocycles. The average molecular weight is 531 g/mol. The second kappa shape index (κ2) is 12.6. The summed E-state index contributed by atoms with van der Waals surface area (Å²) in [6.45, 7) is 3.18. The number of pyridine rings is 1. The number of guanidine groups is 1. The highest BCUT2D eigenvalue weighted by Gasteiger charge is 2.08. The molecular formula is C23H26IN5O2. The van der Waals surface area contributed by atoms with Crippen LogP contribution in [-0.4, -0.2) is 22.4 Å². The van der Waals surface area contributed by atoms with E-state index in [2.05, 4.69) is 39.7 Å². The molecule has 0 aliphatic carbocycles. The molecule has 1 heterocycles. The summed E-state index contributed by atoms with van der Waals surface area (Å²) >= 11 is 0. The van der Waals surface area contributed by atoms with Gasteiger partial charge in [0.15, 0.2) is 5.96 Å². The maximum absolute atomic E-state index is 10.8. The van der Waals surface area contributed by atoms with Crippen molar-refractivity contribution in [2.24, 2.45) is 4.99 Å². The molecule has 0 spiro atoms. The monoisotopic (exact) mass is 531 g/mol. The van der Waals surface area contributed by atoms with Gasteiger partial charge in [-0.2, -0.15) is 0 Å². The molecule has 3 rings (SSSR count). The minimum Gasteiger partial charge on any atom is -0.356 e. The molecule has 1 atom stereocenters. The molecule has 1 aromatic heterocycles. The predicted octanol–water partition coefficient (Wildman–Crippen LogP) is 4.65. The molecule has 7 nitrogen and oxygen atoms in total. The molecular weight excluding hydrogens is 505 g/mol. The van der Waals surface area contributed by atoms with Crippen molar-refractivity contribution in [1.82, 2.24) is 15.6 Å². The number of aliphatic imine (C=N–C) groups is 1. The highest BCUT2D eigenvalue weighted by atomic mass is 127. The third-order valence-corrected chi connectivity index (χ3v) is 4.62. The van der Waals surface area contributed by atoms with Gasteiger partial charge in [-0.05, 0) is 30.2 Å². The second-order valence-corrected chi connectivity index (χ2v) is 6.86. The third-order valence-electron chi connectivity index (χ3n) is 4.62. The number of nitro benzene ring substituents is 1. The molecule has 162 valence electrons. The Morgan fingerprint density at radius 3 is 2.42 bits per heavy atom. The molecule has 31 heavy (non-hydrogen) atoms. The number of rotatable bonds is 8. The van der Waals surface area contributed by atoms with Crippen LogP contribution >= 0.6 is 24.0 Å². The predicted molar refractivity (Wildman–Crippen MR) is 134 cm³/mol. The molecule has 1 unspecified atom stereocenters. The van der Waals surface area contributed by atoms with Crippen LogP contribution in [-0.2, 0) is 13.0 Å². The van der Waals surface area contributed by atoms with Gasteiger partial charge in [-0.25, -0.2) is 4.99 Å². The summed E-state index contributed by atoms with van der Waals surface area (Å²) in [5.74, 6) is 0.681. The van der Waals surface area contributed by atoms with Gasteiger partial charge in [0, 0.05) is 37.0 Å². The third kappa shape index (κ3) is 7.97. The Hall–Kier alpha value is -3.01. The lowest BCUT2D eigenvalue weighted by Gasteiger charge is -2.19.